The normalized spacial score (nSPS) is 23.5. The first-order chi connectivity index (χ1) is 14.9. The second kappa shape index (κ2) is 7.60. The van der Waals surface area contributed by atoms with E-state index in [1.807, 2.05) is 23.1 Å². The van der Waals surface area contributed by atoms with Crippen molar-refractivity contribution in [2.45, 2.75) is 24.5 Å². The lowest BCUT2D eigenvalue weighted by Gasteiger charge is -2.23. The highest BCUT2D eigenvalue weighted by atomic mass is 19.1. The van der Waals surface area contributed by atoms with Gasteiger partial charge >= 0.3 is 0 Å². The number of fused-ring (bicyclic) bond motifs is 2. The van der Waals surface area contributed by atoms with Crippen LogP contribution >= 0.6 is 0 Å². The maximum absolute atomic E-state index is 13.4. The van der Waals surface area contributed by atoms with Crippen molar-refractivity contribution in [3.05, 3.63) is 82.9 Å². The fraction of sp³-hybridized carbons (Fsp3) is 0.292. The van der Waals surface area contributed by atoms with Crippen molar-refractivity contribution < 1.29 is 24.1 Å². The molecule has 0 radical (unpaired) electrons. The van der Waals surface area contributed by atoms with Crippen LogP contribution in [0.15, 0.2) is 65.9 Å². The van der Waals surface area contributed by atoms with Crippen molar-refractivity contribution in [1.82, 2.24) is 4.90 Å². The molecular weight excluding hydrogens is 399 g/mol. The summed E-state index contributed by atoms with van der Waals surface area (Å²) < 4.78 is 19.0. The smallest absolute Gasteiger partial charge is 0.224 e. The second-order valence-corrected chi connectivity index (χ2v) is 8.35. The van der Waals surface area contributed by atoms with Crippen LogP contribution in [0.1, 0.15) is 23.7 Å². The summed E-state index contributed by atoms with van der Waals surface area (Å²) in [5.41, 5.74) is 2.26. The van der Waals surface area contributed by atoms with Gasteiger partial charge in [0.25, 0.3) is 0 Å². The maximum Gasteiger partial charge on any atom is 0.224 e. The Morgan fingerprint density at radius 3 is 2.90 bits per heavy atom. The fourth-order valence-corrected chi connectivity index (χ4v) is 4.45. The van der Waals surface area contributed by atoms with Gasteiger partial charge < -0.3 is 20.3 Å². The van der Waals surface area contributed by atoms with Gasteiger partial charge in [-0.05, 0) is 53.5 Å². The van der Waals surface area contributed by atoms with Crippen LogP contribution in [0.3, 0.4) is 0 Å². The molecule has 3 aliphatic rings. The lowest BCUT2D eigenvalue weighted by atomic mass is 9.98. The van der Waals surface area contributed by atoms with E-state index in [-0.39, 0.29) is 11.7 Å². The van der Waals surface area contributed by atoms with Crippen molar-refractivity contribution in [2.24, 2.45) is 0 Å². The monoisotopic (exact) mass is 422 g/mol. The summed E-state index contributed by atoms with van der Waals surface area (Å²) in [4.78, 5) is 13.5. The van der Waals surface area contributed by atoms with E-state index in [4.69, 9.17) is 4.74 Å². The number of ether oxygens (including phenoxy) is 1. The fourth-order valence-electron chi connectivity index (χ4n) is 4.45. The number of nitrogens with zero attached hydrogens (tertiary/aromatic N) is 1. The highest BCUT2D eigenvalue weighted by Gasteiger charge is 2.43. The Kier molecular flexibility index (Phi) is 4.89. The van der Waals surface area contributed by atoms with Crippen LogP contribution in [0.25, 0.3) is 0 Å². The molecule has 160 valence electrons. The number of benzene rings is 2. The summed E-state index contributed by atoms with van der Waals surface area (Å²) in [6, 6.07) is 11.5. The molecule has 2 atom stereocenters. The number of rotatable bonds is 5. The zero-order chi connectivity index (χ0) is 21.6. The first-order valence-electron chi connectivity index (χ1n) is 10.3. The third-order valence-corrected chi connectivity index (χ3v) is 5.98. The molecule has 3 N–H and O–H groups in total. The number of halogens is 1. The second-order valence-electron chi connectivity index (χ2n) is 8.35. The molecule has 2 aromatic carbocycles. The number of aliphatic hydroxyl groups excluding tert-OH is 1. The molecular formula is C24H23FN2O4. The van der Waals surface area contributed by atoms with Gasteiger partial charge in [-0.2, -0.15) is 0 Å². The van der Waals surface area contributed by atoms with E-state index in [1.54, 1.807) is 24.3 Å². The summed E-state index contributed by atoms with van der Waals surface area (Å²) in [5.74, 6) is 0.495. The summed E-state index contributed by atoms with van der Waals surface area (Å²) >= 11 is 0. The van der Waals surface area contributed by atoms with Gasteiger partial charge in [-0.25, -0.2) is 4.39 Å². The average molecular weight is 422 g/mol. The van der Waals surface area contributed by atoms with Gasteiger partial charge in [0.15, 0.2) is 0 Å². The molecule has 31 heavy (non-hydrogen) atoms. The Balaban J connectivity index is 1.23. The van der Waals surface area contributed by atoms with E-state index >= 15 is 0 Å². The molecule has 6 nitrogen and oxygen atoms in total. The average Bonchev–Trinajstić information content (AvgIpc) is 3.17. The van der Waals surface area contributed by atoms with Crippen LogP contribution in [-0.4, -0.2) is 46.3 Å². The quantitative estimate of drug-likeness (QED) is 0.690. The van der Waals surface area contributed by atoms with E-state index in [0.717, 1.165) is 22.4 Å². The van der Waals surface area contributed by atoms with Crippen molar-refractivity contribution >= 4 is 11.6 Å². The number of hydrogen-bond donors (Lipinski definition) is 3. The molecule has 1 amide bonds. The van der Waals surface area contributed by atoms with Gasteiger partial charge in [-0.3, -0.25) is 9.69 Å². The topological polar surface area (TPSA) is 82.0 Å². The molecule has 1 aliphatic carbocycles. The molecule has 0 saturated carbocycles. The molecule has 7 heteroatoms. The Morgan fingerprint density at radius 1 is 1.23 bits per heavy atom. The van der Waals surface area contributed by atoms with Gasteiger partial charge in [-0.15, -0.1) is 0 Å². The number of aryl methyl sites for hydroxylation is 1. The molecule has 5 rings (SSSR count). The van der Waals surface area contributed by atoms with Crippen molar-refractivity contribution in [3.8, 4) is 5.75 Å². The van der Waals surface area contributed by atoms with E-state index in [9.17, 15) is 19.4 Å². The van der Waals surface area contributed by atoms with Crippen LogP contribution in [0, 0.1) is 5.82 Å². The minimum Gasteiger partial charge on any atom is -0.457 e. The molecule has 1 fully saturated rings. The van der Waals surface area contributed by atoms with Gasteiger partial charge in [-0.1, -0.05) is 18.2 Å². The number of allylic oxidation sites excluding steroid dienone is 1. The van der Waals surface area contributed by atoms with Gasteiger partial charge in [0, 0.05) is 37.8 Å². The lowest BCUT2D eigenvalue weighted by molar-refractivity contribution is -0.116. The Bertz CT molecular complexity index is 1110. The zero-order valence-electron chi connectivity index (χ0n) is 16.8. The molecule has 0 bridgehead atoms. The van der Waals surface area contributed by atoms with Crippen molar-refractivity contribution in [2.75, 3.05) is 25.0 Å². The first-order valence-corrected chi connectivity index (χ1v) is 10.3. The lowest BCUT2D eigenvalue weighted by Crippen LogP contribution is -2.33. The predicted molar refractivity (Wildman–Crippen MR) is 113 cm³/mol. The van der Waals surface area contributed by atoms with E-state index in [2.05, 4.69) is 5.32 Å². The number of carbonyl (C=O) groups excluding carboxylic acids is 1. The molecule has 1 saturated heterocycles. The van der Waals surface area contributed by atoms with Crippen LogP contribution in [0.5, 0.6) is 5.75 Å². The molecule has 2 heterocycles. The number of hydrogen-bond acceptors (Lipinski definition) is 5. The van der Waals surface area contributed by atoms with Crippen molar-refractivity contribution in [3.63, 3.8) is 0 Å². The van der Waals surface area contributed by atoms with Crippen LogP contribution in [0.4, 0.5) is 10.1 Å². The number of nitrogens with one attached hydrogen (secondary N) is 1. The van der Waals surface area contributed by atoms with E-state index in [1.165, 1.54) is 12.1 Å². The van der Waals surface area contributed by atoms with E-state index in [0.29, 0.717) is 44.0 Å². The summed E-state index contributed by atoms with van der Waals surface area (Å²) in [6.45, 7) is 1.21. The number of β-amino-alcohol motifs (C(OH)–C–C–N with tert-alkyl or cyclic N) is 2. The van der Waals surface area contributed by atoms with Crippen LogP contribution in [-0.2, 0) is 11.2 Å². The van der Waals surface area contributed by atoms with Gasteiger partial charge in [0.1, 0.15) is 22.9 Å². The highest BCUT2D eigenvalue weighted by molar-refractivity contribution is 5.93. The highest BCUT2D eigenvalue weighted by Crippen LogP contribution is 2.37. The standard InChI is InChI=1S/C24H23FN2O4/c25-18-2-1-3-19(10-18)31-20-9-17-12-27(14-24(17,30)11-20)13-22(28)16-4-6-21-15(8-16)5-7-23(29)26-21/h1-4,6,8-11,22,28,30H,5,7,12-14H2,(H,26,29)/t22-,24+/m1/s1. The number of amides is 1. The zero-order valence-corrected chi connectivity index (χ0v) is 16.8. The predicted octanol–water partition coefficient (Wildman–Crippen LogP) is 2.69. The van der Waals surface area contributed by atoms with Crippen LogP contribution < -0.4 is 10.1 Å². The summed E-state index contributed by atoms with van der Waals surface area (Å²) in [7, 11) is 0. The molecule has 0 unspecified atom stereocenters. The van der Waals surface area contributed by atoms with E-state index < -0.39 is 11.7 Å². The molecule has 2 aromatic rings. The Labute approximate surface area is 179 Å². The maximum atomic E-state index is 13.4. The van der Waals surface area contributed by atoms with Gasteiger partial charge in [0.2, 0.25) is 5.91 Å². The number of carbonyl (C=O) groups is 1. The SMILES string of the molecule is O=C1CCc2cc([C@H](O)CN3CC4=CC(Oc5cccc(F)c5)=C[C@]4(O)C3)ccc2N1. The summed E-state index contributed by atoms with van der Waals surface area (Å²) in [6.07, 6.45) is 3.82. The number of anilines is 1. The van der Waals surface area contributed by atoms with Gasteiger partial charge in [0.05, 0.1) is 6.10 Å². The van der Waals surface area contributed by atoms with Crippen molar-refractivity contribution in [1.29, 1.82) is 0 Å². The Hall–Kier alpha value is -3.00. The number of likely N-dealkylation sites (tertiary alicyclic amines) is 1. The third-order valence-electron chi connectivity index (χ3n) is 5.98. The summed E-state index contributed by atoms with van der Waals surface area (Å²) in [5, 5.41) is 24.6. The Morgan fingerprint density at radius 2 is 2.10 bits per heavy atom. The number of aliphatic hydroxyl groups is 2. The first kappa shape index (κ1) is 19.9. The molecule has 0 aromatic heterocycles. The molecule has 0 spiro atoms. The van der Waals surface area contributed by atoms with Crippen LogP contribution in [0.2, 0.25) is 0 Å². The minimum atomic E-state index is -1.15. The largest absolute Gasteiger partial charge is 0.457 e. The third kappa shape index (κ3) is 3.99. The molecule has 2 aliphatic heterocycles. The minimum absolute atomic E-state index is 0.0136.